The van der Waals surface area contributed by atoms with Crippen molar-refractivity contribution >= 4 is 22.4 Å². The molecule has 0 spiro atoms. The van der Waals surface area contributed by atoms with Gasteiger partial charge >= 0.3 is 0 Å². The summed E-state index contributed by atoms with van der Waals surface area (Å²) in [5.41, 5.74) is 10.6. The molecule has 27 heavy (non-hydrogen) atoms. The molecule has 132 valence electrons. The van der Waals surface area contributed by atoms with Crippen molar-refractivity contribution in [2.24, 2.45) is 7.05 Å². The minimum absolute atomic E-state index is 0.437. The molecule has 4 heterocycles. The van der Waals surface area contributed by atoms with E-state index in [1.165, 1.54) is 0 Å². The zero-order chi connectivity index (χ0) is 18.4. The lowest BCUT2D eigenvalue weighted by atomic mass is 10.0. The summed E-state index contributed by atoms with van der Waals surface area (Å²) < 4.78 is 3.47. The van der Waals surface area contributed by atoms with Gasteiger partial charge in [-0.15, -0.1) is 15.3 Å². The summed E-state index contributed by atoms with van der Waals surface area (Å²) in [6, 6.07) is 11.8. The van der Waals surface area contributed by atoms with Crippen LogP contribution in [0.5, 0.6) is 0 Å². The monoisotopic (exact) mass is 356 g/mol. The molecule has 2 N–H and O–H groups in total. The van der Waals surface area contributed by atoms with Crippen LogP contribution >= 0.6 is 0 Å². The van der Waals surface area contributed by atoms with Crippen LogP contribution in [0.25, 0.3) is 27.7 Å². The van der Waals surface area contributed by atoms with Gasteiger partial charge in [-0.05, 0) is 35.9 Å². The van der Waals surface area contributed by atoms with Gasteiger partial charge in [-0.25, -0.2) is 0 Å². The Hall–Kier alpha value is -3.81. The van der Waals surface area contributed by atoms with E-state index in [-0.39, 0.29) is 0 Å². The predicted octanol–water partition coefficient (Wildman–Crippen LogP) is 2.25. The second-order valence-electron chi connectivity index (χ2n) is 6.47. The van der Waals surface area contributed by atoms with E-state index < -0.39 is 0 Å². The molecular formula is C19H16N8. The molecular weight excluding hydrogens is 340 g/mol. The molecule has 0 aliphatic rings. The molecule has 0 aliphatic heterocycles. The van der Waals surface area contributed by atoms with Crippen LogP contribution in [0.2, 0.25) is 0 Å². The molecule has 0 unspecified atom stereocenters. The Morgan fingerprint density at radius 3 is 2.78 bits per heavy atom. The lowest BCUT2D eigenvalue weighted by Crippen LogP contribution is -2.02. The molecule has 0 aliphatic carbocycles. The first kappa shape index (κ1) is 15.4. The summed E-state index contributed by atoms with van der Waals surface area (Å²) in [4.78, 5) is 4.57. The fraction of sp³-hybridized carbons (Fsp3) is 0.105. The number of nitrogens with two attached hydrogens (primary N) is 1. The van der Waals surface area contributed by atoms with Crippen LogP contribution < -0.4 is 5.73 Å². The quantitative estimate of drug-likeness (QED) is 0.532. The molecule has 8 nitrogen and oxygen atoms in total. The molecule has 1 aromatic carbocycles. The highest BCUT2D eigenvalue weighted by Crippen LogP contribution is 2.23. The van der Waals surface area contributed by atoms with Crippen molar-refractivity contribution in [2.75, 3.05) is 5.73 Å². The highest BCUT2D eigenvalue weighted by Gasteiger charge is 2.09. The second kappa shape index (κ2) is 5.87. The summed E-state index contributed by atoms with van der Waals surface area (Å²) >= 11 is 0. The molecule has 0 bridgehead atoms. The first-order valence-electron chi connectivity index (χ1n) is 8.50. The summed E-state index contributed by atoms with van der Waals surface area (Å²) in [7, 11) is 1.90. The summed E-state index contributed by atoms with van der Waals surface area (Å²) in [5, 5.41) is 18.0. The van der Waals surface area contributed by atoms with E-state index in [0.717, 1.165) is 33.4 Å². The van der Waals surface area contributed by atoms with Gasteiger partial charge in [0.15, 0.2) is 11.5 Å². The van der Waals surface area contributed by atoms with Crippen molar-refractivity contribution in [3.63, 3.8) is 0 Å². The zero-order valence-electron chi connectivity index (χ0n) is 14.6. The number of aryl methyl sites for hydroxylation is 1. The van der Waals surface area contributed by atoms with E-state index in [1.54, 1.807) is 15.3 Å². The average molecular weight is 356 g/mol. The van der Waals surface area contributed by atoms with Gasteiger partial charge in [0.25, 0.3) is 0 Å². The van der Waals surface area contributed by atoms with Crippen molar-refractivity contribution in [1.82, 2.24) is 34.6 Å². The molecule has 0 amide bonds. The fourth-order valence-electron chi connectivity index (χ4n) is 3.16. The second-order valence-corrected chi connectivity index (χ2v) is 6.47. The maximum atomic E-state index is 5.79. The number of nitrogens with zero attached hydrogens (tertiary/aromatic N) is 7. The van der Waals surface area contributed by atoms with Gasteiger partial charge in [-0.3, -0.25) is 9.67 Å². The molecule has 0 saturated heterocycles. The summed E-state index contributed by atoms with van der Waals surface area (Å²) in [6.45, 7) is 0. The molecule has 5 rings (SSSR count). The van der Waals surface area contributed by atoms with Crippen molar-refractivity contribution in [2.45, 2.75) is 6.42 Å². The van der Waals surface area contributed by atoms with Gasteiger partial charge in [0.1, 0.15) is 5.82 Å². The number of hydrogen-bond acceptors (Lipinski definition) is 6. The zero-order valence-corrected chi connectivity index (χ0v) is 14.6. The lowest BCUT2D eigenvalue weighted by molar-refractivity contribution is 0.768. The summed E-state index contributed by atoms with van der Waals surface area (Å²) in [6.07, 6.45) is 6.29. The smallest absolute Gasteiger partial charge is 0.178 e. The largest absolute Gasteiger partial charge is 0.382 e. The van der Waals surface area contributed by atoms with Crippen LogP contribution in [0.15, 0.2) is 55.0 Å². The Morgan fingerprint density at radius 2 is 1.93 bits per heavy atom. The van der Waals surface area contributed by atoms with Gasteiger partial charge in [-0.1, -0.05) is 6.07 Å². The normalized spacial score (nSPS) is 11.4. The molecule has 0 fully saturated rings. The maximum absolute atomic E-state index is 5.79. The van der Waals surface area contributed by atoms with Crippen molar-refractivity contribution in [3.8, 4) is 11.1 Å². The minimum atomic E-state index is 0.437. The third-order valence-corrected chi connectivity index (χ3v) is 4.49. The lowest BCUT2D eigenvalue weighted by Gasteiger charge is -2.05. The van der Waals surface area contributed by atoms with Crippen LogP contribution in [0.3, 0.4) is 0 Å². The van der Waals surface area contributed by atoms with Crippen LogP contribution in [0.4, 0.5) is 5.82 Å². The van der Waals surface area contributed by atoms with Gasteiger partial charge in [0, 0.05) is 42.4 Å². The van der Waals surface area contributed by atoms with E-state index in [0.29, 0.717) is 17.9 Å². The number of rotatable bonds is 3. The number of benzene rings is 1. The van der Waals surface area contributed by atoms with Crippen molar-refractivity contribution in [1.29, 1.82) is 0 Å². The van der Waals surface area contributed by atoms with Crippen molar-refractivity contribution < 1.29 is 0 Å². The minimum Gasteiger partial charge on any atom is -0.382 e. The summed E-state index contributed by atoms with van der Waals surface area (Å²) in [5.74, 6) is 1.18. The van der Waals surface area contributed by atoms with Crippen LogP contribution in [0.1, 0.15) is 11.4 Å². The van der Waals surface area contributed by atoms with Crippen LogP contribution in [0, 0.1) is 0 Å². The van der Waals surface area contributed by atoms with Crippen molar-refractivity contribution in [3.05, 3.63) is 66.4 Å². The number of aromatic nitrogens is 7. The Balaban J connectivity index is 1.54. The van der Waals surface area contributed by atoms with Gasteiger partial charge in [0.05, 0.1) is 11.7 Å². The molecule has 0 atom stereocenters. The van der Waals surface area contributed by atoms with Gasteiger partial charge < -0.3 is 5.73 Å². The van der Waals surface area contributed by atoms with E-state index in [2.05, 4.69) is 37.5 Å². The highest BCUT2D eigenvalue weighted by atomic mass is 15.4. The molecule has 5 aromatic rings. The Labute approximate surface area is 154 Å². The van der Waals surface area contributed by atoms with Crippen LogP contribution in [-0.4, -0.2) is 34.6 Å². The van der Waals surface area contributed by atoms with Gasteiger partial charge in [-0.2, -0.15) is 9.61 Å². The molecule has 8 heteroatoms. The molecule has 0 radical (unpaired) electrons. The Morgan fingerprint density at radius 1 is 1.00 bits per heavy atom. The molecule has 4 aromatic heterocycles. The fourth-order valence-corrected chi connectivity index (χ4v) is 3.16. The highest BCUT2D eigenvalue weighted by molar-refractivity contribution is 5.84. The third kappa shape index (κ3) is 2.77. The average Bonchev–Trinajstić information content (AvgIpc) is 3.27. The Kier molecular flexibility index (Phi) is 3.36. The predicted molar refractivity (Wildman–Crippen MR) is 102 cm³/mol. The van der Waals surface area contributed by atoms with Crippen LogP contribution in [-0.2, 0) is 13.5 Å². The molecule has 0 saturated carbocycles. The van der Waals surface area contributed by atoms with E-state index >= 15 is 0 Å². The van der Waals surface area contributed by atoms with E-state index in [9.17, 15) is 0 Å². The standard InChI is InChI=1S/C19H16N8/c1-26-11-15(10-22-26)14-8-13-6-12(2-3-16(13)21-9-14)7-19-24-23-18-5-4-17(20)25-27(18)19/h2-6,8-11H,7H2,1H3,(H2,20,25). The number of hydrogen-bond donors (Lipinski definition) is 1. The third-order valence-electron chi connectivity index (χ3n) is 4.49. The van der Waals surface area contributed by atoms with E-state index in [1.807, 2.05) is 43.8 Å². The number of pyridine rings is 1. The Bertz CT molecular complexity index is 1280. The number of anilines is 1. The number of fused-ring (bicyclic) bond motifs is 2. The maximum Gasteiger partial charge on any atom is 0.178 e. The first-order chi connectivity index (χ1) is 13.2. The van der Waals surface area contributed by atoms with Gasteiger partial charge in [0.2, 0.25) is 0 Å². The topological polar surface area (TPSA) is 99.8 Å². The SMILES string of the molecule is Cn1cc(-c2cnc3ccc(Cc4nnc5ccc(N)nn45)cc3c2)cn1. The first-order valence-corrected chi connectivity index (χ1v) is 8.50. The van der Waals surface area contributed by atoms with E-state index in [4.69, 9.17) is 5.73 Å². The number of nitrogen functional groups attached to an aromatic ring is 1.